The molecular formula is C26H24F3N3O3S. The quantitative estimate of drug-likeness (QED) is 0.332. The van der Waals surface area contributed by atoms with Gasteiger partial charge in [-0.1, -0.05) is 23.5 Å². The molecule has 1 N–H and O–H groups in total. The third kappa shape index (κ3) is 5.61. The summed E-state index contributed by atoms with van der Waals surface area (Å²) in [5.74, 6) is 1.34. The van der Waals surface area contributed by atoms with E-state index in [1.807, 2.05) is 36.4 Å². The smallest absolute Gasteiger partial charge is 0.416 e. The first-order chi connectivity index (χ1) is 17.3. The maximum Gasteiger partial charge on any atom is 0.416 e. The summed E-state index contributed by atoms with van der Waals surface area (Å²) in [6, 6.07) is 16.0. The van der Waals surface area contributed by atoms with Gasteiger partial charge in [0.25, 0.3) is 5.19 Å². The number of rotatable bonds is 7. The molecule has 0 atom stereocenters. The summed E-state index contributed by atoms with van der Waals surface area (Å²) in [6.07, 6.45) is -1.98. The van der Waals surface area contributed by atoms with Gasteiger partial charge in [0.1, 0.15) is 28.5 Å². The van der Waals surface area contributed by atoms with Gasteiger partial charge < -0.3 is 14.6 Å². The van der Waals surface area contributed by atoms with Gasteiger partial charge in [-0.3, -0.25) is 4.90 Å². The Morgan fingerprint density at radius 2 is 1.75 bits per heavy atom. The van der Waals surface area contributed by atoms with Crippen LogP contribution in [0.25, 0.3) is 10.3 Å². The van der Waals surface area contributed by atoms with Crippen molar-refractivity contribution < 1.29 is 27.8 Å². The zero-order valence-electron chi connectivity index (χ0n) is 19.2. The molecule has 0 aliphatic carbocycles. The first-order valence-electron chi connectivity index (χ1n) is 11.5. The molecular weight excluding hydrogens is 491 g/mol. The van der Waals surface area contributed by atoms with Crippen LogP contribution in [0.15, 0.2) is 66.9 Å². The summed E-state index contributed by atoms with van der Waals surface area (Å²) in [7, 11) is 0. The van der Waals surface area contributed by atoms with Gasteiger partial charge in [0, 0.05) is 25.8 Å². The van der Waals surface area contributed by atoms with Gasteiger partial charge in [0.15, 0.2) is 0 Å². The second-order valence-corrected chi connectivity index (χ2v) is 9.62. The fraction of sp³-hybridized carbons (Fsp3) is 0.308. The number of fused-ring (bicyclic) bond motifs is 1. The predicted molar refractivity (Wildman–Crippen MR) is 130 cm³/mol. The van der Waals surface area contributed by atoms with Gasteiger partial charge >= 0.3 is 6.18 Å². The number of alkyl halides is 3. The molecule has 0 spiro atoms. The highest BCUT2D eigenvalue weighted by molar-refractivity contribution is 7.19. The second kappa shape index (κ2) is 10.0. The number of hydrogen-bond donors (Lipinski definition) is 1. The monoisotopic (exact) mass is 515 g/mol. The Kier molecular flexibility index (Phi) is 6.83. The Morgan fingerprint density at radius 3 is 2.47 bits per heavy atom. The van der Waals surface area contributed by atoms with Crippen LogP contribution in [0.3, 0.4) is 0 Å². The molecule has 5 rings (SSSR count). The number of pyridine rings is 1. The number of piperidine rings is 1. The molecule has 1 saturated heterocycles. The molecule has 0 unspecified atom stereocenters. The van der Waals surface area contributed by atoms with Crippen LogP contribution in [-0.2, 0) is 11.8 Å². The van der Waals surface area contributed by atoms with Crippen molar-refractivity contribution in [3.05, 3.63) is 78.0 Å². The van der Waals surface area contributed by atoms with E-state index in [-0.39, 0.29) is 0 Å². The van der Waals surface area contributed by atoms with Crippen molar-refractivity contribution in [1.82, 2.24) is 14.9 Å². The molecule has 2 aromatic carbocycles. The van der Waals surface area contributed by atoms with Gasteiger partial charge in [-0.05, 0) is 66.9 Å². The lowest BCUT2D eigenvalue weighted by Gasteiger charge is -2.38. The molecule has 0 bridgehead atoms. The van der Waals surface area contributed by atoms with Crippen molar-refractivity contribution in [2.75, 3.05) is 26.2 Å². The Hall–Kier alpha value is -3.21. The molecule has 0 radical (unpaired) electrons. The summed E-state index contributed by atoms with van der Waals surface area (Å²) in [6.45, 7) is 2.24. The van der Waals surface area contributed by atoms with Gasteiger partial charge in [0.2, 0.25) is 0 Å². The highest BCUT2D eigenvalue weighted by atomic mass is 32.1. The lowest BCUT2D eigenvalue weighted by Crippen LogP contribution is -2.44. The number of ether oxygens (including phenoxy) is 2. The van der Waals surface area contributed by atoms with Gasteiger partial charge in [0.05, 0.1) is 11.2 Å². The molecule has 188 valence electrons. The van der Waals surface area contributed by atoms with Crippen LogP contribution in [0.4, 0.5) is 13.2 Å². The van der Waals surface area contributed by atoms with Crippen molar-refractivity contribution in [3.63, 3.8) is 0 Å². The molecule has 3 heterocycles. The zero-order chi connectivity index (χ0) is 25.2. The fourth-order valence-corrected chi connectivity index (χ4v) is 4.99. The Bertz CT molecular complexity index is 1290. The van der Waals surface area contributed by atoms with E-state index in [9.17, 15) is 18.3 Å². The topological polar surface area (TPSA) is 67.7 Å². The summed E-state index contributed by atoms with van der Waals surface area (Å²) in [5.41, 5.74) is -0.882. The van der Waals surface area contributed by atoms with Crippen molar-refractivity contribution in [1.29, 1.82) is 0 Å². The van der Waals surface area contributed by atoms with E-state index in [0.717, 1.165) is 22.5 Å². The fourth-order valence-electron chi connectivity index (χ4n) is 4.21. The molecule has 0 saturated carbocycles. The first kappa shape index (κ1) is 24.5. The minimum atomic E-state index is -4.43. The third-order valence-electron chi connectivity index (χ3n) is 6.26. The zero-order valence-corrected chi connectivity index (χ0v) is 20.1. The van der Waals surface area contributed by atoms with Gasteiger partial charge in [-0.15, -0.1) is 0 Å². The molecule has 6 nitrogen and oxygen atoms in total. The number of halogens is 3. The number of thiazole rings is 1. The summed E-state index contributed by atoms with van der Waals surface area (Å²) >= 11 is 1.38. The minimum Gasteiger partial charge on any atom is -0.492 e. The Labute approximate surface area is 209 Å². The van der Waals surface area contributed by atoms with Crippen LogP contribution >= 0.6 is 11.3 Å². The standard InChI is InChI=1S/C26H24F3N3O3S/c27-26(28,29)19-4-1-3-18(17-19)25(33)10-13-32(14-11-25)15-16-34-20-6-8-21(9-7-20)35-24-31-22-5-2-12-30-23(22)36-24/h1-9,12,17,33H,10-11,13-16H2. The molecule has 1 aliphatic heterocycles. The molecule has 0 amide bonds. The first-order valence-corrected chi connectivity index (χ1v) is 12.3. The molecule has 1 fully saturated rings. The molecule has 4 aromatic rings. The Morgan fingerprint density at radius 1 is 1.00 bits per heavy atom. The van der Waals surface area contributed by atoms with E-state index in [4.69, 9.17) is 9.47 Å². The minimum absolute atomic E-state index is 0.317. The number of aromatic nitrogens is 2. The molecule has 2 aromatic heterocycles. The number of likely N-dealkylation sites (tertiary alicyclic amines) is 1. The van der Waals surface area contributed by atoms with Crippen molar-refractivity contribution in [2.45, 2.75) is 24.6 Å². The normalized spacial score (nSPS) is 16.2. The lowest BCUT2D eigenvalue weighted by molar-refractivity contribution is -0.137. The molecule has 1 aliphatic rings. The lowest BCUT2D eigenvalue weighted by atomic mass is 9.84. The van der Waals surface area contributed by atoms with Crippen molar-refractivity contribution in [3.8, 4) is 16.7 Å². The number of hydrogen-bond acceptors (Lipinski definition) is 7. The van der Waals surface area contributed by atoms with Crippen molar-refractivity contribution in [2.24, 2.45) is 0 Å². The number of aliphatic hydroxyl groups is 1. The third-order valence-corrected chi connectivity index (χ3v) is 7.12. The van der Waals surface area contributed by atoms with Crippen LogP contribution in [-0.4, -0.2) is 46.2 Å². The van der Waals surface area contributed by atoms with Crippen LogP contribution in [0.5, 0.6) is 16.7 Å². The summed E-state index contributed by atoms with van der Waals surface area (Å²) < 4.78 is 50.8. The average molecular weight is 516 g/mol. The maximum atomic E-state index is 13.0. The summed E-state index contributed by atoms with van der Waals surface area (Å²) in [5, 5.41) is 11.5. The number of benzene rings is 2. The highest BCUT2D eigenvalue weighted by Crippen LogP contribution is 2.37. The number of nitrogens with zero attached hydrogens (tertiary/aromatic N) is 3. The largest absolute Gasteiger partial charge is 0.492 e. The van der Waals surface area contributed by atoms with E-state index in [1.54, 1.807) is 12.3 Å². The second-order valence-electron chi connectivity index (χ2n) is 8.68. The molecule has 36 heavy (non-hydrogen) atoms. The van der Waals surface area contributed by atoms with Gasteiger partial charge in [-0.25, -0.2) is 9.97 Å². The van der Waals surface area contributed by atoms with Crippen LogP contribution < -0.4 is 9.47 Å². The van der Waals surface area contributed by atoms with E-state index in [1.165, 1.54) is 17.4 Å². The summed E-state index contributed by atoms with van der Waals surface area (Å²) in [4.78, 5) is 11.6. The predicted octanol–water partition coefficient (Wildman–Crippen LogP) is 5.86. The van der Waals surface area contributed by atoms with Crippen LogP contribution in [0, 0.1) is 0 Å². The van der Waals surface area contributed by atoms with Crippen LogP contribution in [0.2, 0.25) is 0 Å². The van der Waals surface area contributed by atoms with Gasteiger partial charge in [-0.2, -0.15) is 13.2 Å². The van der Waals surface area contributed by atoms with E-state index in [0.29, 0.717) is 61.3 Å². The average Bonchev–Trinajstić information content (AvgIpc) is 3.28. The van der Waals surface area contributed by atoms with E-state index >= 15 is 0 Å². The van der Waals surface area contributed by atoms with E-state index < -0.39 is 17.3 Å². The van der Waals surface area contributed by atoms with Crippen molar-refractivity contribution >= 4 is 21.7 Å². The Balaban J connectivity index is 1.09. The highest BCUT2D eigenvalue weighted by Gasteiger charge is 2.37. The molecule has 10 heteroatoms. The van der Waals surface area contributed by atoms with Crippen LogP contribution in [0.1, 0.15) is 24.0 Å². The SMILES string of the molecule is OC1(c2cccc(C(F)(F)F)c2)CCN(CCOc2ccc(Oc3nc4cccnc4s3)cc2)CC1. The van der Waals surface area contributed by atoms with E-state index in [2.05, 4.69) is 14.9 Å². The maximum absolute atomic E-state index is 13.0.